The lowest BCUT2D eigenvalue weighted by atomic mass is 9.91. The van der Waals surface area contributed by atoms with E-state index in [4.69, 9.17) is 14.2 Å². The highest BCUT2D eigenvalue weighted by Crippen LogP contribution is 2.34. The maximum Gasteiger partial charge on any atom is 0.250 e. The molecule has 1 heterocycles. The topological polar surface area (TPSA) is 49.7 Å². The third-order valence-electron chi connectivity index (χ3n) is 5.63. The van der Waals surface area contributed by atoms with Gasteiger partial charge in [-0.15, -0.1) is 13.2 Å². The first-order valence-electron chi connectivity index (χ1n) is 10.9. The van der Waals surface area contributed by atoms with E-state index in [1.165, 1.54) is 18.2 Å². The van der Waals surface area contributed by atoms with Crippen LogP contribution in [0.1, 0.15) is 24.5 Å². The number of aromatic nitrogens is 1. The maximum atomic E-state index is 14.6. The molecule has 0 saturated heterocycles. The summed E-state index contributed by atoms with van der Waals surface area (Å²) in [6.07, 6.45) is 3.87. The van der Waals surface area contributed by atoms with Crippen LogP contribution < -0.4 is 10.3 Å². The molecule has 0 bridgehead atoms. The fourth-order valence-electron chi connectivity index (χ4n) is 3.87. The fraction of sp³-hybridized carbons (Fsp3) is 0.296. The van der Waals surface area contributed by atoms with Crippen LogP contribution >= 0.6 is 0 Å². The number of benzene rings is 2. The predicted molar refractivity (Wildman–Crippen MR) is 129 cm³/mol. The second kappa shape index (κ2) is 11.1. The number of hydrogen-bond acceptors (Lipinski definition) is 4. The molecule has 174 valence electrons. The van der Waals surface area contributed by atoms with Gasteiger partial charge in [-0.2, -0.15) is 0 Å². The number of fused-ring (bicyclic) bond motifs is 1. The van der Waals surface area contributed by atoms with Gasteiger partial charge in [0.15, 0.2) is 0 Å². The summed E-state index contributed by atoms with van der Waals surface area (Å²) in [6, 6.07) is 13.6. The summed E-state index contributed by atoms with van der Waals surface area (Å²) in [7, 11) is 1.73. The van der Waals surface area contributed by atoms with Crippen LogP contribution in [0.15, 0.2) is 78.6 Å². The number of pyridine rings is 1. The van der Waals surface area contributed by atoms with Crippen molar-refractivity contribution < 1.29 is 18.6 Å². The first kappa shape index (κ1) is 24.4. The lowest BCUT2D eigenvalue weighted by Crippen LogP contribution is -2.35. The number of nitrogens with zero attached hydrogens (tertiary/aromatic N) is 1. The van der Waals surface area contributed by atoms with E-state index < -0.39 is 11.4 Å². The van der Waals surface area contributed by atoms with Gasteiger partial charge in [-0.1, -0.05) is 37.3 Å². The van der Waals surface area contributed by atoms with Crippen LogP contribution in [0.3, 0.4) is 0 Å². The second-order valence-electron chi connectivity index (χ2n) is 7.80. The molecule has 3 aromatic rings. The van der Waals surface area contributed by atoms with Crippen molar-refractivity contribution in [2.45, 2.75) is 25.6 Å². The Bertz CT molecular complexity index is 1190. The monoisotopic (exact) mass is 451 g/mol. The molecule has 6 heteroatoms. The predicted octanol–water partition coefficient (Wildman–Crippen LogP) is 5.27. The minimum Gasteiger partial charge on any atom is -0.489 e. The van der Waals surface area contributed by atoms with Gasteiger partial charge in [0.1, 0.15) is 23.8 Å². The highest BCUT2D eigenvalue weighted by molar-refractivity contribution is 5.82. The smallest absolute Gasteiger partial charge is 0.250 e. The molecular formula is C27H30FNO4. The summed E-state index contributed by atoms with van der Waals surface area (Å²) in [6.45, 7) is 10.4. The van der Waals surface area contributed by atoms with Gasteiger partial charge < -0.3 is 18.8 Å². The number of ether oxygens (including phenoxy) is 3. The fourth-order valence-corrected chi connectivity index (χ4v) is 3.87. The molecular weight excluding hydrogens is 421 g/mol. The molecule has 0 fully saturated rings. The number of para-hydroxylation sites is 1. The quantitative estimate of drug-likeness (QED) is 0.278. The highest BCUT2D eigenvalue weighted by Gasteiger charge is 2.32. The molecule has 0 aliphatic carbocycles. The molecule has 3 rings (SSSR count). The van der Waals surface area contributed by atoms with Gasteiger partial charge in [-0.3, -0.25) is 4.79 Å². The summed E-state index contributed by atoms with van der Waals surface area (Å²) in [4.78, 5) is 12.1. The number of rotatable bonds is 12. The van der Waals surface area contributed by atoms with Gasteiger partial charge in [0.05, 0.1) is 25.3 Å². The molecule has 0 radical (unpaired) electrons. The van der Waals surface area contributed by atoms with Crippen molar-refractivity contribution in [1.29, 1.82) is 0 Å². The van der Waals surface area contributed by atoms with Crippen molar-refractivity contribution in [1.82, 2.24) is 4.57 Å². The molecule has 2 aromatic carbocycles. The minimum atomic E-state index is -0.860. The van der Waals surface area contributed by atoms with E-state index in [1.807, 2.05) is 25.1 Å². The van der Waals surface area contributed by atoms with Crippen molar-refractivity contribution >= 4 is 10.9 Å². The number of hydrogen-bond donors (Lipinski definition) is 0. The maximum absolute atomic E-state index is 14.6. The minimum absolute atomic E-state index is 0.102. The largest absolute Gasteiger partial charge is 0.489 e. The van der Waals surface area contributed by atoms with Gasteiger partial charge in [0.2, 0.25) is 0 Å². The van der Waals surface area contributed by atoms with Gasteiger partial charge in [-0.05, 0) is 35.6 Å². The van der Waals surface area contributed by atoms with Crippen molar-refractivity contribution in [2.24, 2.45) is 7.05 Å². The second-order valence-corrected chi connectivity index (χ2v) is 7.80. The van der Waals surface area contributed by atoms with Crippen LogP contribution in [-0.4, -0.2) is 24.4 Å². The van der Waals surface area contributed by atoms with E-state index in [-0.39, 0.29) is 18.8 Å². The molecule has 0 amide bonds. The summed E-state index contributed by atoms with van der Waals surface area (Å²) in [5.74, 6) is -0.0664. The standard InChI is InChI=1S/C27H30FNO4/c1-5-13-31-19-27(7-3,33-14-6-2)22-15-23(28)17-24(16-22)32-18-21-10-8-9-20-11-12-25(30)29(4)26(20)21/h5-6,8-12,15-17H,1-2,7,13-14,18-19H2,3-4H3. The van der Waals surface area contributed by atoms with Crippen molar-refractivity contribution in [2.75, 3.05) is 19.8 Å². The van der Waals surface area contributed by atoms with E-state index in [1.54, 1.807) is 35.9 Å². The summed E-state index contributed by atoms with van der Waals surface area (Å²) >= 11 is 0. The average Bonchev–Trinajstić information content (AvgIpc) is 2.82. The van der Waals surface area contributed by atoms with Crippen molar-refractivity contribution in [3.05, 3.63) is 101 Å². The molecule has 1 unspecified atom stereocenters. The molecule has 5 nitrogen and oxygen atoms in total. The number of halogens is 1. The first-order chi connectivity index (χ1) is 15.9. The summed E-state index contributed by atoms with van der Waals surface area (Å²) < 4.78 is 34.0. The van der Waals surface area contributed by atoms with Crippen molar-refractivity contribution in [3.8, 4) is 5.75 Å². The third kappa shape index (κ3) is 5.59. The Balaban J connectivity index is 1.93. The van der Waals surface area contributed by atoms with E-state index in [0.29, 0.717) is 30.9 Å². The van der Waals surface area contributed by atoms with Crippen LogP contribution in [-0.2, 0) is 28.7 Å². The summed E-state index contributed by atoms with van der Waals surface area (Å²) in [5, 5.41) is 0.931. The van der Waals surface area contributed by atoms with Gasteiger partial charge in [0.25, 0.3) is 5.56 Å². The molecule has 33 heavy (non-hydrogen) atoms. The molecule has 0 aliphatic heterocycles. The zero-order valence-corrected chi connectivity index (χ0v) is 19.2. The van der Waals surface area contributed by atoms with E-state index in [9.17, 15) is 9.18 Å². The lowest BCUT2D eigenvalue weighted by Gasteiger charge is -2.33. The van der Waals surface area contributed by atoms with Crippen LogP contribution in [0.2, 0.25) is 0 Å². The van der Waals surface area contributed by atoms with Crippen molar-refractivity contribution in [3.63, 3.8) is 0 Å². The Labute approximate surface area is 193 Å². The molecule has 0 N–H and O–H groups in total. The lowest BCUT2D eigenvalue weighted by molar-refractivity contribution is -0.0928. The summed E-state index contributed by atoms with van der Waals surface area (Å²) in [5.41, 5.74) is 1.28. The highest BCUT2D eigenvalue weighted by atomic mass is 19.1. The Kier molecular flexibility index (Phi) is 8.20. The van der Waals surface area contributed by atoms with Crippen LogP contribution in [0.25, 0.3) is 10.9 Å². The van der Waals surface area contributed by atoms with Crippen LogP contribution in [0, 0.1) is 5.82 Å². The molecule has 0 spiro atoms. The Morgan fingerprint density at radius 3 is 2.61 bits per heavy atom. The van der Waals surface area contributed by atoms with Gasteiger partial charge in [0, 0.05) is 24.7 Å². The molecule has 1 aromatic heterocycles. The van der Waals surface area contributed by atoms with E-state index in [0.717, 1.165) is 16.5 Å². The Morgan fingerprint density at radius 2 is 1.88 bits per heavy atom. The molecule has 0 aliphatic rings. The molecule has 0 saturated carbocycles. The Morgan fingerprint density at radius 1 is 1.09 bits per heavy atom. The van der Waals surface area contributed by atoms with Crippen LogP contribution in [0.5, 0.6) is 5.75 Å². The first-order valence-corrected chi connectivity index (χ1v) is 10.9. The van der Waals surface area contributed by atoms with Gasteiger partial charge in [-0.25, -0.2) is 4.39 Å². The SMILES string of the molecule is C=CCOCC(CC)(OCC=C)c1cc(F)cc(OCc2cccc3ccc(=O)n(C)c23)c1. The normalized spacial score (nSPS) is 12.9. The van der Waals surface area contributed by atoms with E-state index in [2.05, 4.69) is 13.2 Å². The van der Waals surface area contributed by atoms with Gasteiger partial charge >= 0.3 is 0 Å². The third-order valence-corrected chi connectivity index (χ3v) is 5.63. The zero-order chi connectivity index (χ0) is 23.8. The molecule has 1 atom stereocenters. The Hall–Kier alpha value is -3.22. The number of aryl methyl sites for hydroxylation is 1. The van der Waals surface area contributed by atoms with Crippen LogP contribution in [0.4, 0.5) is 4.39 Å². The zero-order valence-electron chi connectivity index (χ0n) is 19.2. The van der Waals surface area contributed by atoms with E-state index >= 15 is 0 Å². The average molecular weight is 452 g/mol.